The topological polar surface area (TPSA) is 69.6 Å². The van der Waals surface area contributed by atoms with Gasteiger partial charge in [-0.1, -0.05) is 0 Å². The van der Waals surface area contributed by atoms with E-state index in [2.05, 4.69) is 5.32 Å². The summed E-state index contributed by atoms with van der Waals surface area (Å²) in [6.07, 6.45) is 5.49. The SMILES string of the molecule is CC1(C(=O)O)CCCCN1C(=O)NC1CCC1. The Morgan fingerprint density at radius 1 is 1.29 bits per heavy atom. The predicted molar refractivity (Wildman–Crippen MR) is 62.8 cm³/mol. The summed E-state index contributed by atoms with van der Waals surface area (Å²) in [6, 6.07) is 0.0433. The van der Waals surface area contributed by atoms with Crippen LogP contribution in [0, 0.1) is 0 Å². The highest BCUT2D eigenvalue weighted by atomic mass is 16.4. The first-order valence-electron chi connectivity index (χ1n) is 6.35. The van der Waals surface area contributed by atoms with Crippen LogP contribution in [0.4, 0.5) is 4.79 Å². The molecule has 0 radical (unpaired) electrons. The van der Waals surface area contributed by atoms with Gasteiger partial charge in [0.2, 0.25) is 0 Å². The molecule has 2 fully saturated rings. The zero-order valence-electron chi connectivity index (χ0n) is 10.2. The second-order valence-corrected chi connectivity index (χ2v) is 5.27. The summed E-state index contributed by atoms with van der Waals surface area (Å²) < 4.78 is 0. The number of rotatable bonds is 2. The van der Waals surface area contributed by atoms with Gasteiger partial charge >= 0.3 is 12.0 Å². The third-order valence-electron chi connectivity index (χ3n) is 4.03. The minimum Gasteiger partial charge on any atom is -0.480 e. The van der Waals surface area contributed by atoms with Crippen LogP contribution in [0.2, 0.25) is 0 Å². The van der Waals surface area contributed by atoms with Crippen LogP contribution in [-0.4, -0.2) is 40.1 Å². The molecule has 2 rings (SSSR count). The molecule has 5 nitrogen and oxygen atoms in total. The number of aliphatic carboxylic acids is 1. The van der Waals surface area contributed by atoms with Gasteiger partial charge in [0.1, 0.15) is 5.54 Å². The van der Waals surface area contributed by atoms with Crippen molar-refractivity contribution in [1.29, 1.82) is 0 Å². The molecule has 0 aromatic carbocycles. The van der Waals surface area contributed by atoms with E-state index in [9.17, 15) is 14.7 Å². The fourth-order valence-electron chi connectivity index (χ4n) is 2.47. The Labute approximate surface area is 101 Å². The van der Waals surface area contributed by atoms with Crippen molar-refractivity contribution in [2.24, 2.45) is 0 Å². The first-order valence-corrected chi connectivity index (χ1v) is 6.35. The number of piperidine rings is 1. The standard InChI is InChI=1S/C12H20N2O3/c1-12(10(15)16)7-2-3-8-14(12)11(17)13-9-5-4-6-9/h9H,2-8H2,1H3,(H,13,17)(H,15,16). The van der Waals surface area contributed by atoms with Gasteiger partial charge in [-0.05, 0) is 45.4 Å². The van der Waals surface area contributed by atoms with Crippen LogP contribution >= 0.6 is 0 Å². The van der Waals surface area contributed by atoms with E-state index in [1.54, 1.807) is 6.92 Å². The van der Waals surface area contributed by atoms with Gasteiger partial charge in [-0.3, -0.25) is 0 Å². The second-order valence-electron chi connectivity index (χ2n) is 5.27. The van der Waals surface area contributed by atoms with Crippen LogP contribution in [0.3, 0.4) is 0 Å². The lowest BCUT2D eigenvalue weighted by Gasteiger charge is -2.42. The Bertz CT molecular complexity index is 328. The summed E-state index contributed by atoms with van der Waals surface area (Å²) >= 11 is 0. The van der Waals surface area contributed by atoms with Crippen molar-refractivity contribution in [3.05, 3.63) is 0 Å². The van der Waals surface area contributed by atoms with Gasteiger partial charge in [-0.2, -0.15) is 0 Å². The van der Waals surface area contributed by atoms with Crippen molar-refractivity contribution in [3.8, 4) is 0 Å². The van der Waals surface area contributed by atoms with E-state index in [1.807, 2.05) is 0 Å². The molecule has 0 bridgehead atoms. The molecular formula is C12H20N2O3. The highest BCUT2D eigenvalue weighted by Gasteiger charge is 2.44. The number of carbonyl (C=O) groups is 2. The number of carbonyl (C=O) groups excluding carboxylic acids is 1. The van der Waals surface area contributed by atoms with E-state index >= 15 is 0 Å². The number of urea groups is 1. The van der Waals surface area contributed by atoms with Crippen molar-refractivity contribution in [2.45, 2.75) is 57.0 Å². The van der Waals surface area contributed by atoms with Crippen LogP contribution in [0.15, 0.2) is 0 Å². The zero-order valence-corrected chi connectivity index (χ0v) is 10.2. The van der Waals surface area contributed by atoms with Crippen molar-refractivity contribution >= 4 is 12.0 Å². The first kappa shape index (κ1) is 12.2. The summed E-state index contributed by atoms with van der Waals surface area (Å²) in [7, 11) is 0. The Hall–Kier alpha value is -1.26. The van der Waals surface area contributed by atoms with Gasteiger partial charge < -0.3 is 15.3 Å². The van der Waals surface area contributed by atoms with Crippen LogP contribution in [0.25, 0.3) is 0 Å². The maximum atomic E-state index is 12.1. The minimum atomic E-state index is -1.04. The fourth-order valence-corrected chi connectivity index (χ4v) is 2.47. The number of likely N-dealkylation sites (tertiary alicyclic amines) is 1. The molecular weight excluding hydrogens is 220 g/mol. The van der Waals surface area contributed by atoms with Crippen LogP contribution in [-0.2, 0) is 4.79 Å². The Morgan fingerprint density at radius 3 is 2.53 bits per heavy atom. The Morgan fingerprint density at radius 2 is 2.00 bits per heavy atom. The predicted octanol–water partition coefficient (Wildman–Crippen LogP) is 1.58. The molecule has 1 heterocycles. The van der Waals surface area contributed by atoms with Gasteiger partial charge in [0, 0.05) is 12.6 Å². The normalized spacial score (nSPS) is 29.6. The summed E-state index contributed by atoms with van der Waals surface area (Å²) in [6.45, 7) is 2.19. The number of carboxylic acids is 1. The lowest BCUT2D eigenvalue weighted by atomic mass is 9.88. The number of nitrogens with one attached hydrogen (secondary N) is 1. The second kappa shape index (κ2) is 4.55. The van der Waals surface area contributed by atoms with Crippen LogP contribution in [0.5, 0.6) is 0 Å². The van der Waals surface area contributed by atoms with E-state index in [0.717, 1.165) is 32.1 Å². The van der Waals surface area contributed by atoms with Gasteiger partial charge in [0.05, 0.1) is 0 Å². The molecule has 2 aliphatic rings. The molecule has 1 saturated carbocycles. The quantitative estimate of drug-likeness (QED) is 0.770. The molecule has 1 aliphatic heterocycles. The molecule has 2 N–H and O–H groups in total. The van der Waals surface area contributed by atoms with E-state index in [4.69, 9.17) is 0 Å². The smallest absolute Gasteiger partial charge is 0.329 e. The monoisotopic (exact) mass is 240 g/mol. The molecule has 17 heavy (non-hydrogen) atoms. The van der Waals surface area contributed by atoms with Gasteiger partial charge in [0.15, 0.2) is 0 Å². The van der Waals surface area contributed by atoms with Crippen molar-refractivity contribution in [3.63, 3.8) is 0 Å². The van der Waals surface area contributed by atoms with Gasteiger partial charge in [-0.25, -0.2) is 9.59 Å². The number of nitrogens with zero attached hydrogens (tertiary/aromatic N) is 1. The number of carboxylic acid groups (broad SMARTS) is 1. The molecule has 96 valence electrons. The third-order valence-corrected chi connectivity index (χ3v) is 4.03. The molecule has 0 aromatic rings. The molecule has 1 saturated heterocycles. The van der Waals surface area contributed by atoms with Gasteiger partial charge in [-0.15, -0.1) is 0 Å². The lowest BCUT2D eigenvalue weighted by molar-refractivity contribution is -0.150. The van der Waals surface area contributed by atoms with Gasteiger partial charge in [0.25, 0.3) is 0 Å². The Balaban J connectivity index is 2.04. The van der Waals surface area contributed by atoms with Crippen LogP contribution in [0.1, 0.15) is 45.4 Å². The van der Waals surface area contributed by atoms with E-state index in [0.29, 0.717) is 13.0 Å². The van der Waals surface area contributed by atoms with Crippen molar-refractivity contribution < 1.29 is 14.7 Å². The molecule has 5 heteroatoms. The molecule has 2 amide bonds. The van der Waals surface area contributed by atoms with E-state index in [-0.39, 0.29) is 12.1 Å². The summed E-state index contributed by atoms with van der Waals surface area (Å²) in [4.78, 5) is 24.9. The van der Waals surface area contributed by atoms with Crippen molar-refractivity contribution in [1.82, 2.24) is 10.2 Å². The molecule has 1 atom stereocenters. The number of amides is 2. The minimum absolute atomic E-state index is 0.209. The number of hydrogen-bond acceptors (Lipinski definition) is 2. The highest BCUT2D eigenvalue weighted by Crippen LogP contribution is 2.29. The largest absolute Gasteiger partial charge is 0.480 e. The lowest BCUT2D eigenvalue weighted by Crippen LogP contribution is -2.61. The number of hydrogen-bond donors (Lipinski definition) is 2. The maximum Gasteiger partial charge on any atom is 0.329 e. The molecule has 1 unspecified atom stereocenters. The Kier molecular flexibility index (Phi) is 3.26. The van der Waals surface area contributed by atoms with Crippen LogP contribution < -0.4 is 5.32 Å². The third kappa shape index (κ3) is 2.23. The van der Waals surface area contributed by atoms with E-state index < -0.39 is 11.5 Å². The zero-order chi connectivity index (χ0) is 12.5. The summed E-state index contributed by atoms with van der Waals surface area (Å²) in [5.74, 6) is -0.902. The maximum absolute atomic E-state index is 12.1. The summed E-state index contributed by atoms with van der Waals surface area (Å²) in [5, 5.41) is 12.2. The highest BCUT2D eigenvalue weighted by molar-refractivity contribution is 5.86. The fraction of sp³-hybridized carbons (Fsp3) is 0.833. The average Bonchev–Trinajstić information content (AvgIpc) is 2.23. The van der Waals surface area contributed by atoms with E-state index in [1.165, 1.54) is 4.90 Å². The molecule has 0 aromatic heterocycles. The summed E-state index contributed by atoms with van der Waals surface area (Å²) in [5.41, 5.74) is -1.04. The van der Waals surface area contributed by atoms with Crippen molar-refractivity contribution in [2.75, 3.05) is 6.54 Å². The average molecular weight is 240 g/mol. The molecule has 0 spiro atoms. The first-order chi connectivity index (χ1) is 8.04. The molecule has 1 aliphatic carbocycles.